The second kappa shape index (κ2) is 7.57. The minimum Gasteiger partial charge on any atom is -0.466 e. The Bertz CT molecular complexity index is 620. The second-order valence-corrected chi connectivity index (χ2v) is 5.17. The third-order valence-electron chi connectivity index (χ3n) is 3.69. The van der Waals surface area contributed by atoms with Crippen LogP contribution in [-0.4, -0.2) is 18.2 Å². The van der Waals surface area contributed by atoms with Gasteiger partial charge in [-0.15, -0.1) is 0 Å². The average molecular weight is 296 g/mol. The van der Waals surface area contributed by atoms with Gasteiger partial charge >= 0.3 is 5.97 Å². The highest BCUT2D eigenvalue weighted by Gasteiger charge is 2.25. The third kappa shape index (κ3) is 3.83. The fourth-order valence-electron chi connectivity index (χ4n) is 2.49. The summed E-state index contributed by atoms with van der Waals surface area (Å²) in [5, 5.41) is 10.7. The number of hydrogen-bond acceptors (Lipinski definition) is 3. The Morgan fingerprint density at radius 2 is 1.55 bits per heavy atom. The zero-order valence-corrected chi connectivity index (χ0v) is 12.6. The molecule has 1 N–H and O–H groups in total. The van der Waals surface area contributed by atoms with Crippen LogP contribution < -0.4 is 0 Å². The summed E-state index contributed by atoms with van der Waals surface area (Å²) in [6.07, 6.45) is -0.378. The predicted octanol–water partition coefficient (Wildman–Crippen LogP) is 3.62. The lowest BCUT2D eigenvalue weighted by Gasteiger charge is -2.24. The van der Waals surface area contributed by atoms with Crippen molar-refractivity contribution in [3.05, 3.63) is 83.9 Å². The Balaban J connectivity index is 2.30. The zero-order chi connectivity index (χ0) is 15.9. The summed E-state index contributed by atoms with van der Waals surface area (Å²) in [6, 6.07) is 19.1. The Kier molecular flexibility index (Phi) is 5.50. The molecule has 3 nitrogen and oxygen atoms in total. The smallest absolute Gasteiger partial charge is 0.333 e. The number of rotatable bonds is 6. The Morgan fingerprint density at radius 3 is 2.05 bits per heavy atom. The molecule has 0 aromatic heterocycles. The minimum atomic E-state index is -0.718. The van der Waals surface area contributed by atoms with Gasteiger partial charge in [0.15, 0.2) is 0 Å². The van der Waals surface area contributed by atoms with Gasteiger partial charge in [-0.2, -0.15) is 0 Å². The van der Waals surface area contributed by atoms with Crippen molar-refractivity contribution in [2.75, 3.05) is 7.11 Å². The zero-order valence-electron chi connectivity index (χ0n) is 12.6. The van der Waals surface area contributed by atoms with Crippen LogP contribution in [0.15, 0.2) is 72.8 Å². The Hall–Kier alpha value is -2.39. The number of hydrogen-bond donors (Lipinski definition) is 1. The van der Waals surface area contributed by atoms with E-state index in [4.69, 9.17) is 4.74 Å². The molecule has 0 saturated heterocycles. The number of methoxy groups -OCH3 is 1. The number of aliphatic hydroxyl groups is 1. The number of ether oxygens (including phenoxy) is 1. The fraction of sp³-hybridized carbons (Fsp3) is 0.211. The van der Waals surface area contributed by atoms with Gasteiger partial charge in [0.2, 0.25) is 0 Å². The highest BCUT2D eigenvalue weighted by Crippen LogP contribution is 2.35. The van der Waals surface area contributed by atoms with E-state index in [-0.39, 0.29) is 5.92 Å². The van der Waals surface area contributed by atoms with Crippen molar-refractivity contribution in [3.8, 4) is 0 Å². The first-order valence-corrected chi connectivity index (χ1v) is 7.17. The molecular formula is C19H20O3. The monoisotopic (exact) mass is 296 g/mol. The molecule has 0 spiro atoms. The van der Waals surface area contributed by atoms with Gasteiger partial charge < -0.3 is 9.84 Å². The van der Waals surface area contributed by atoms with Gasteiger partial charge in [0.1, 0.15) is 0 Å². The van der Waals surface area contributed by atoms with E-state index >= 15 is 0 Å². The molecule has 22 heavy (non-hydrogen) atoms. The molecular weight excluding hydrogens is 276 g/mol. The first kappa shape index (κ1) is 16.0. The van der Waals surface area contributed by atoms with E-state index in [0.717, 1.165) is 11.1 Å². The van der Waals surface area contributed by atoms with E-state index in [0.29, 0.717) is 12.0 Å². The first-order chi connectivity index (χ1) is 10.6. The van der Waals surface area contributed by atoms with Crippen molar-refractivity contribution >= 4 is 5.97 Å². The van der Waals surface area contributed by atoms with Crippen molar-refractivity contribution < 1.29 is 14.6 Å². The van der Waals surface area contributed by atoms with Gasteiger partial charge in [-0.25, -0.2) is 4.79 Å². The molecule has 2 aromatic carbocycles. The summed E-state index contributed by atoms with van der Waals surface area (Å²) in [5.74, 6) is -0.698. The summed E-state index contributed by atoms with van der Waals surface area (Å²) in [5.41, 5.74) is 2.13. The molecule has 0 fully saturated rings. The van der Waals surface area contributed by atoms with E-state index in [1.165, 1.54) is 7.11 Å². The largest absolute Gasteiger partial charge is 0.466 e. The molecule has 0 aliphatic rings. The molecule has 2 aromatic rings. The van der Waals surface area contributed by atoms with Crippen molar-refractivity contribution in [1.29, 1.82) is 0 Å². The standard InChI is InChI=1S/C19H20O3/c1-14(19(21)22-2)13-17(15-9-5-3-6-10-15)18(20)16-11-7-4-8-12-16/h3-12,17-18,20H,1,13H2,2H3/t17-,18+/m0/s1. The lowest BCUT2D eigenvalue weighted by Crippen LogP contribution is -2.15. The lowest BCUT2D eigenvalue weighted by atomic mass is 9.84. The van der Waals surface area contributed by atoms with Crippen LogP contribution in [-0.2, 0) is 9.53 Å². The van der Waals surface area contributed by atoms with Crippen molar-refractivity contribution in [3.63, 3.8) is 0 Å². The van der Waals surface area contributed by atoms with Crippen LogP contribution in [0, 0.1) is 0 Å². The highest BCUT2D eigenvalue weighted by atomic mass is 16.5. The highest BCUT2D eigenvalue weighted by molar-refractivity contribution is 5.87. The molecule has 2 atom stereocenters. The van der Waals surface area contributed by atoms with Crippen molar-refractivity contribution in [2.24, 2.45) is 0 Å². The van der Waals surface area contributed by atoms with Crippen molar-refractivity contribution in [2.45, 2.75) is 18.4 Å². The molecule has 0 amide bonds. The molecule has 0 aliphatic carbocycles. The summed E-state index contributed by atoms with van der Waals surface area (Å²) >= 11 is 0. The summed E-state index contributed by atoms with van der Waals surface area (Å²) < 4.78 is 4.71. The number of carbonyl (C=O) groups excluding carboxylic acids is 1. The van der Waals surface area contributed by atoms with Crippen LogP contribution in [0.25, 0.3) is 0 Å². The Morgan fingerprint density at radius 1 is 1.05 bits per heavy atom. The van der Waals surface area contributed by atoms with E-state index in [1.807, 2.05) is 60.7 Å². The SMILES string of the molecule is C=C(C[C@@H](c1ccccc1)[C@H](O)c1ccccc1)C(=O)OC. The Labute approximate surface area is 130 Å². The molecule has 0 unspecified atom stereocenters. The number of carbonyl (C=O) groups is 1. The van der Waals surface area contributed by atoms with Gasteiger partial charge in [0, 0.05) is 11.5 Å². The van der Waals surface area contributed by atoms with Crippen LogP contribution >= 0.6 is 0 Å². The summed E-state index contributed by atoms with van der Waals surface area (Å²) in [6.45, 7) is 3.78. The maximum absolute atomic E-state index is 11.6. The molecule has 0 aliphatic heterocycles. The second-order valence-electron chi connectivity index (χ2n) is 5.17. The lowest BCUT2D eigenvalue weighted by molar-refractivity contribution is -0.136. The van der Waals surface area contributed by atoms with Gasteiger partial charge in [-0.1, -0.05) is 67.2 Å². The first-order valence-electron chi connectivity index (χ1n) is 7.17. The topological polar surface area (TPSA) is 46.5 Å². The van der Waals surface area contributed by atoms with Crippen LogP contribution in [0.5, 0.6) is 0 Å². The van der Waals surface area contributed by atoms with Gasteiger partial charge in [0.05, 0.1) is 13.2 Å². The van der Waals surface area contributed by atoms with Gasteiger partial charge in [-0.05, 0) is 17.5 Å². The van der Waals surface area contributed by atoms with Crippen LogP contribution in [0.2, 0.25) is 0 Å². The molecule has 2 rings (SSSR count). The number of aliphatic hydroxyl groups excluding tert-OH is 1. The van der Waals surface area contributed by atoms with E-state index in [9.17, 15) is 9.90 Å². The van der Waals surface area contributed by atoms with Crippen molar-refractivity contribution in [1.82, 2.24) is 0 Å². The van der Waals surface area contributed by atoms with E-state index in [2.05, 4.69) is 6.58 Å². The fourth-order valence-corrected chi connectivity index (χ4v) is 2.49. The predicted molar refractivity (Wildman–Crippen MR) is 86.4 cm³/mol. The molecule has 3 heteroatoms. The molecule has 0 bridgehead atoms. The van der Waals surface area contributed by atoms with E-state index < -0.39 is 12.1 Å². The maximum atomic E-state index is 11.6. The molecule has 0 saturated carbocycles. The van der Waals surface area contributed by atoms with Gasteiger partial charge in [-0.3, -0.25) is 0 Å². The normalized spacial score (nSPS) is 13.2. The van der Waals surface area contributed by atoms with Gasteiger partial charge in [0.25, 0.3) is 0 Å². The minimum absolute atomic E-state index is 0.254. The van der Waals surface area contributed by atoms with Crippen LogP contribution in [0.1, 0.15) is 29.6 Å². The third-order valence-corrected chi connectivity index (χ3v) is 3.69. The van der Waals surface area contributed by atoms with E-state index in [1.54, 1.807) is 0 Å². The summed E-state index contributed by atoms with van der Waals surface area (Å²) in [7, 11) is 1.33. The number of esters is 1. The van der Waals surface area contributed by atoms with Crippen LogP contribution in [0.3, 0.4) is 0 Å². The molecule has 0 heterocycles. The maximum Gasteiger partial charge on any atom is 0.333 e. The quantitative estimate of drug-likeness (QED) is 0.654. The average Bonchev–Trinajstić information content (AvgIpc) is 2.59. The molecule has 114 valence electrons. The molecule has 0 radical (unpaired) electrons. The van der Waals surface area contributed by atoms with Crippen LogP contribution in [0.4, 0.5) is 0 Å². The number of benzene rings is 2. The summed E-state index contributed by atoms with van der Waals surface area (Å²) in [4.78, 5) is 11.6.